The van der Waals surface area contributed by atoms with E-state index in [2.05, 4.69) is 27.8 Å². The number of benzene rings is 1. The summed E-state index contributed by atoms with van der Waals surface area (Å²) in [5, 5.41) is 0.789. The van der Waals surface area contributed by atoms with Crippen molar-refractivity contribution >= 4 is 34.0 Å². The molecule has 5 heteroatoms. The van der Waals surface area contributed by atoms with Gasteiger partial charge in [-0.1, -0.05) is 39.7 Å². The Hall–Kier alpha value is -0.610. The van der Waals surface area contributed by atoms with Gasteiger partial charge in [-0.2, -0.15) is 0 Å². The van der Waals surface area contributed by atoms with Crippen LogP contribution in [0.3, 0.4) is 0 Å². The molecule has 0 aliphatic heterocycles. The van der Waals surface area contributed by atoms with Gasteiger partial charge in [0.2, 0.25) is 0 Å². The van der Waals surface area contributed by atoms with Crippen LogP contribution in [0.1, 0.15) is 17.3 Å². The summed E-state index contributed by atoms with van der Waals surface area (Å²) in [5.41, 5.74) is 1.25. The molecule has 0 saturated carbocycles. The molecule has 0 bridgehead atoms. The predicted molar refractivity (Wildman–Crippen MR) is 57.1 cm³/mol. The average Bonchev–Trinajstić information content (AvgIpc) is 2.19. The third kappa shape index (κ3) is 5.94. The van der Waals surface area contributed by atoms with Gasteiger partial charge >= 0.3 is 6.47 Å². The van der Waals surface area contributed by atoms with Gasteiger partial charge in [-0.25, -0.2) is 0 Å². The van der Waals surface area contributed by atoms with Gasteiger partial charge < -0.3 is 0 Å². The van der Waals surface area contributed by atoms with Crippen LogP contribution in [0.5, 0.6) is 0 Å². The Morgan fingerprint density at radius 3 is 2.21 bits per heavy atom. The molecule has 0 heterocycles. The van der Waals surface area contributed by atoms with Gasteiger partial charge in [-0.05, 0) is 24.6 Å². The van der Waals surface area contributed by atoms with E-state index in [9.17, 15) is 4.53 Å². The normalized spacial score (nSPS) is 10.9. The van der Waals surface area contributed by atoms with Crippen LogP contribution in [0.2, 0.25) is 5.02 Å². The van der Waals surface area contributed by atoms with E-state index in [0.29, 0.717) is 4.83 Å². The van der Waals surface area contributed by atoms with Crippen molar-refractivity contribution in [1.29, 1.82) is 0 Å². The van der Waals surface area contributed by atoms with Gasteiger partial charge in [0.05, 0.1) is 0 Å². The molecule has 0 aromatic heterocycles. The zero-order chi connectivity index (χ0) is 11.0. The first-order valence-electron chi connectivity index (χ1n) is 3.72. The number of carbonyl (C=O) groups is 1. The zero-order valence-corrected chi connectivity index (χ0v) is 9.76. The van der Waals surface area contributed by atoms with Crippen LogP contribution in [-0.4, -0.2) is 6.47 Å². The van der Waals surface area contributed by atoms with Crippen molar-refractivity contribution < 1.29 is 14.3 Å². The molecule has 2 nitrogen and oxygen atoms in total. The molecule has 0 fully saturated rings. The van der Waals surface area contributed by atoms with Crippen molar-refractivity contribution in [3.63, 3.8) is 0 Å². The summed E-state index contributed by atoms with van der Waals surface area (Å²) < 4.78 is 9.85. The van der Waals surface area contributed by atoms with Crippen molar-refractivity contribution in [2.24, 2.45) is 0 Å². The van der Waals surface area contributed by atoms with Crippen molar-refractivity contribution in [3.8, 4) is 0 Å². The minimum absolute atomic E-state index is 0.292. The quantitative estimate of drug-likeness (QED) is 0.609. The van der Waals surface area contributed by atoms with Gasteiger partial charge in [0.1, 0.15) is 0 Å². The number of rotatable bonds is 2. The van der Waals surface area contributed by atoms with E-state index in [1.54, 1.807) is 0 Å². The largest absolute Gasteiger partial charge is 0.337 e. The van der Waals surface area contributed by atoms with Crippen molar-refractivity contribution in [2.75, 3.05) is 0 Å². The highest BCUT2D eigenvalue weighted by Gasteiger charge is 1.97. The highest BCUT2D eigenvalue weighted by molar-refractivity contribution is 9.09. The Labute approximate surface area is 95.0 Å². The second kappa shape index (κ2) is 7.76. The van der Waals surface area contributed by atoms with E-state index < -0.39 is 0 Å². The van der Waals surface area contributed by atoms with Gasteiger partial charge in [0, 0.05) is 14.4 Å². The molecule has 1 aromatic carbocycles. The fourth-order valence-electron chi connectivity index (χ4n) is 0.728. The summed E-state index contributed by atoms with van der Waals surface area (Å²) in [5.74, 6) is 0. The molecule has 14 heavy (non-hydrogen) atoms. The Bertz CT molecular complexity index is 264. The van der Waals surface area contributed by atoms with E-state index in [1.807, 2.05) is 24.3 Å². The van der Waals surface area contributed by atoms with E-state index in [4.69, 9.17) is 16.4 Å². The SMILES string of the molecule is CC(Br)c1ccc(Cl)cc1.O=COF. The van der Waals surface area contributed by atoms with Crippen LogP contribution in [-0.2, 0) is 9.74 Å². The van der Waals surface area contributed by atoms with Crippen LogP contribution in [0.4, 0.5) is 4.53 Å². The Morgan fingerprint density at radius 1 is 1.50 bits per heavy atom. The maximum atomic E-state index is 9.85. The fourth-order valence-corrected chi connectivity index (χ4v) is 1.16. The minimum Gasteiger partial charge on any atom is -0.258 e. The Kier molecular flexibility index (Phi) is 7.42. The Morgan fingerprint density at radius 2 is 1.93 bits per heavy atom. The van der Waals surface area contributed by atoms with Crippen LogP contribution in [0, 0.1) is 0 Å². The van der Waals surface area contributed by atoms with E-state index >= 15 is 0 Å². The summed E-state index contributed by atoms with van der Waals surface area (Å²) in [4.78, 5) is 11.3. The van der Waals surface area contributed by atoms with Crippen molar-refractivity contribution in [1.82, 2.24) is 0 Å². The minimum atomic E-state index is -0.292. The maximum absolute atomic E-state index is 9.85. The first-order valence-corrected chi connectivity index (χ1v) is 5.01. The van der Waals surface area contributed by atoms with E-state index in [-0.39, 0.29) is 6.47 Å². The number of alkyl halides is 1. The van der Waals surface area contributed by atoms with Crippen LogP contribution in [0.15, 0.2) is 24.3 Å². The summed E-state index contributed by atoms with van der Waals surface area (Å²) in [6.07, 6.45) is 0. The molecule has 1 atom stereocenters. The van der Waals surface area contributed by atoms with Gasteiger partial charge in [-0.15, -0.1) is 0 Å². The number of carbonyl (C=O) groups excluding carboxylic acids is 1. The molecule has 0 amide bonds. The molecular weight excluding hydrogens is 274 g/mol. The van der Waals surface area contributed by atoms with Crippen LogP contribution in [0.25, 0.3) is 0 Å². The molecule has 1 aromatic rings. The molecule has 78 valence electrons. The Balaban J connectivity index is 0.000000364. The van der Waals surface area contributed by atoms with Crippen LogP contribution >= 0.6 is 27.5 Å². The lowest BCUT2D eigenvalue weighted by atomic mass is 10.2. The third-order valence-corrected chi connectivity index (χ3v) is 2.15. The van der Waals surface area contributed by atoms with Gasteiger partial charge in [-0.3, -0.25) is 9.74 Å². The molecule has 0 radical (unpaired) electrons. The second-order valence-electron chi connectivity index (χ2n) is 2.35. The first-order chi connectivity index (χ1) is 6.61. The molecule has 0 aliphatic carbocycles. The molecule has 0 spiro atoms. The summed E-state index contributed by atoms with van der Waals surface area (Å²) in [6.45, 7) is 1.79. The summed E-state index contributed by atoms with van der Waals surface area (Å²) in [6, 6.07) is 7.83. The van der Waals surface area contributed by atoms with Crippen LogP contribution < -0.4 is 0 Å². The molecule has 1 rings (SSSR count). The van der Waals surface area contributed by atoms with Crippen molar-refractivity contribution in [3.05, 3.63) is 34.9 Å². The molecule has 1 unspecified atom stereocenters. The van der Waals surface area contributed by atoms with Gasteiger partial charge in [0.25, 0.3) is 0 Å². The fraction of sp³-hybridized carbons (Fsp3) is 0.222. The maximum Gasteiger partial charge on any atom is 0.337 e. The van der Waals surface area contributed by atoms with Gasteiger partial charge in [0.15, 0.2) is 0 Å². The summed E-state index contributed by atoms with van der Waals surface area (Å²) >= 11 is 9.16. The number of halogens is 3. The molecule has 0 aliphatic rings. The smallest absolute Gasteiger partial charge is 0.258 e. The average molecular weight is 284 g/mol. The number of hydrogen-bond donors (Lipinski definition) is 0. The monoisotopic (exact) mass is 282 g/mol. The topological polar surface area (TPSA) is 26.3 Å². The highest BCUT2D eigenvalue weighted by Crippen LogP contribution is 2.22. The second-order valence-corrected chi connectivity index (χ2v) is 4.16. The van der Waals surface area contributed by atoms with Crippen molar-refractivity contribution in [2.45, 2.75) is 11.8 Å². The number of hydrogen-bond acceptors (Lipinski definition) is 2. The molecular formula is C9H9BrClFO2. The summed E-state index contributed by atoms with van der Waals surface area (Å²) in [7, 11) is 0. The lowest BCUT2D eigenvalue weighted by Crippen LogP contribution is -1.80. The lowest BCUT2D eigenvalue weighted by molar-refractivity contribution is -0.165. The zero-order valence-electron chi connectivity index (χ0n) is 7.41. The lowest BCUT2D eigenvalue weighted by Gasteiger charge is -2.01. The van der Waals surface area contributed by atoms with E-state index in [0.717, 1.165) is 5.02 Å². The first kappa shape index (κ1) is 13.4. The highest BCUT2D eigenvalue weighted by atomic mass is 79.9. The third-order valence-electron chi connectivity index (χ3n) is 1.37. The standard InChI is InChI=1S/C8H8BrCl.CHFO2/c1-6(9)7-2-4-8(10)5-3-7;2-4-1-3/h2-6H,1H3;1H. The molecule has 0 N–H and O–H groups in total. The van der Waals surface area contributed by atoms with E-state index in [1.165, 1.54) is 5.56 Å². The predicted octanol–water partition coefficient (Wildman–Crippen LogP) is 3.84. The molecule has 0 saturated heterocycles.